The average Bonchev–Trinajstić information content (AvgIpc) is 2.89. The molecule has 2 N–H and O–H groups in total. The van der Waals surface area contributed by atoms with E-state index in [9.17, 15) is 19.2 Å². The Kier molecular flexibility index (Phi) is 6.71. The van der Waals surface area contributed by atoms with E-state index in [4.69, 9.17) is 10.00 Å². The van der Waals surface area contributed by atoms with Gasteiger partial charge in [-0.2, -0.15) is 5.26 Å². The molecule has 0 bridgehead atoms. The summed E-state index contributed by atoms with van der Waals surface area (Å²) in [4.78, 5) is 49.1. The van der Waals surface area contributed by atoms with E-state index in [1.807, 2.05) is 6.07 Å². The van der Waals surface area contributed by atoms with E-state index in [1.54, 1.807) is 38.1 Å². The topological polar surface area (TPSA) is 129 Å². The maximum atomic E-state index is 12.8. The fourth-order valence-corrected chi connectivity index (χ4v) is 2.81. The average molecular weight is 386 g/mol. The molecule has 1 atom stereocenters. The van der Waals surface area contributed by atoms with Crippen molar-refractivity contribution in [2.75, 3.05) is 19.7 Å². The molecule has 1 unspecified atom stereocenters. The van der Waals surface area contributed by atoms with Crippen molar-refractivity contribution < 1.29 is 23.9 Å². The van der Waals surface area contributed by atoms with Gasteiger partial charge in [-0.05, 0) is 38.0 Å². The van der Waals surface area contributed by atoms with Crippen molar-refractivity contribution >= 4 is 23.8 Å². The first kappa shape index (κ1) is 20.9. The van der Waals surface area contributed by atoms with E-state index in [0.29, 0.717) is 24.2 Å². The van der Waals surface area contributed by atoms with Crippen LogP contribution in [-0.4, -0.2) is 48.4 Å². The van der Waals surface area contributed by atoms with Crippen LogP contribution in [0, 0.1) is 11.3 Å². The van der Waals surface area contributed by atoms with Crippen molar-refractivity contribution in [2.24, 2.45) is 0 Å². The second-order valence-corrected chi connectivity index (χ2v) is 6.39. The number of carbonyl (C=O) groups is 4. The quantitative estimate of drug-likeness (QED) is 0.386. The van der Waals surface area contributed by atoms with E-state index in [0.717, 1.165) is 4.90 Å². The van der Waals surface area contributed by atoms with Gasteiger partial charge in [0.2, 0.25) is 5.91 Å². The van der Waals surface area contributed by atoms with Crippen LogP contribution >= 0.6 is 0 Å². The number of carbonyl (C=O) groups excluding carboxylic acids is 4. The Morgan fingerprint density at radius 2 is 1.96 bits per heavy atom. The van der Waals surface area contributed by atoms with Gasteiger partial charge in [0, 0.05) is 13.0 Å². The van der Waals surface area contributed by atoms with Gasteiger partial charge in [-0.25, -0.2) is 4.79 Å². The molecule has 1 heterocycles. The third-order valence-corrected chi connectivity index (χ3v) is 4.35. The lowest BCUT2D eigenvalue weighted by Gasteiger charge is -2.22. The number of nitrogens with one attached hydrogen (secondary N) is 2. The Bertz CT molecular complexity index is 815. The zero-order chi connectivity index (χ0) is 20.7. The predicted molar refractivity (Wildman–Crippen MR) is 97.6 cm³/mol. The largest absolute Gasteiger partial charge is 0.466 e. The van der Waals surface area contributed by atoms with Gasteiger partial charge in [0.15, 0.2) is 0 Å². The molecule has 0 aliphatic carbocycles. The summed E-state index contributed by atoms with van der Waals surface area (Å²) in [6, 6.07) is 7.61. The van der Waals surface area contributed by atoms with Gasteiger partial charge in [0.25, 0.3) is 5.91 Å². The zero-order valence-electron chi connectivity index (χ0n) is 15.8. The molecule has 1 aliphatic rings. The number of hydrogen-bond donors (Lipinski definition) is 2. The van der Waals surface area contributed by atoms with Crippen LogP contribution in [0.5, 0.6) is 0 Å². The molecule has 2 rings (SSSR count). The van der Waals surface area contributed by atoms with Gasteiger partial charge in [0.05, 0.1) is 18.2 Å². The van der Waals surface area contributed by atoms with Crippen LogP contribution in [0.1, 0.15) is 37.8 Å². The van der Waals surface area contributed by atoms with Crippen LogP contribution in [0.25, 0.3) is 0 Å². The Morgan fingerprint density at radius 1 is 1.29 bits per heavy atom. The minimum atomic E-state index is -1.31. The van der Waals surface area contributed by atoms with Crippen molar-refractivity contribution in [3.8, 4) is 6.07 Å². The molecule has 4 amide bonds. The summed E-state index contributed by atoms with van der Waals surface area (Å²) in [6.45, 7) is 3.37. The molecule has 0 saturated carbocycles. The molecular formula is C19H22N4O5. The summed E-state index contributed by atoms with van der Waals surface area (Å²) in [5.41, 5.74) is -0.361. The van der Waals surface area contributed by atoms with Crippen molar-refractivity contribution in [3.05, 3.63) is 35.4 Å². The number of benzene rings is 1. The van der Waals surface area contributed by atoms with Gasteiger partial charge in [0.1, 0.15) is 12.1 Å². The number of esters is 1. The van der Waals surface area contributed by atoms with Crippen molar-refractivity contribution in [3.63, 3.8) is 0 Å². The van der Waals surface area contributed by atoms with Gasteiger partial charge in [-0.3, -0.25) is 19.3 Å². The number of amides is 4. The number of nitriles is 1. The molecule has 1 aromatic rings. The summed E-state index contributed by atoms with van der Waals surface area (Å²) < 4.78 is 4.79. The Balaban J connectivity index is 1.93. The molecule has 148 valence electrons. The number of rotatable bonds is 8. The lowest BCUT2D eigenvalue weighted by Crippen LogP contribution is -2.43. The van der Waals surface area contributed by atoms with E-state index in [-0.39, 0.29) is 18.9 Å². The molecule has 1 saturated heterocycles. The first-order chi connectivity index (χ1) is 13.3. The van der Waals surface area contributed by atoms with Crippen LogP contribution in [-0.2, 0) is 24.7 Å². The maximum Gasteiger partial charge on any atom is 0.325 e. The van der Waals surface area contributed by atoms with Crippen LogP contribution in [0.2, 0.25) is 0 Å². The van der Waals surface area contributed by atoms with E-state index in [1.165, 1.54) is 0 Å². The summed E-state index contributed by atoms with van der Waals surface area (Å²) in [5, 5.41) is 14.0. The van der Waals surface area contributed by atoms with Crippen molar-refractivity contribution in [2.45, 2.75) is 32.2 Å². The zero-order valence-corrected chi connectivity index (χ0v) is 15.8. The molecule has 0 radical (unpaired) electrons. The second-order valence-electron chi connectivity index (χ2n) is 6.39. The SMILES string of the molecule is CCOC(=O)CCCNC(=O)CN1C(=O)NC(C)(c2ccc(C#N)cc2)C1=O. The Morgan fingerprint density at radius 3 is 2.57 bits per heavy atom. The Labute approximate surface area is 162 Å². The lowest BCUT2D eigenvalue weighted by molar-refractivity contribution is -0.143. The van der Waals surface area contributed by atoms with Gasteiger partial charge < -0.3 is 15.4 Å². The second kappa shape index (κ2) is 8.99. The number of hydrogen-bond acceptors (Lipinski definition) is 6. The molecule has 28 heavy (non-hydrogen) atoms. The molecule has 1 fully saturated rings. The molecule has 0 spiro atoms. The third kappa shape index (κ3) is 4.65. The van der Waals surface area contributed by atoms with Gasteiger partial charge in [-0.15, -0.1) is 0 Å². The number of imide groups is 1. The first-order valence-corrected chi connectivity index (χ1v) is 8.89. The van der Waals surface area contributed by atoms with Crippen LogP contribution in [0.3, 0.4) is 0 Å². The molecule has 0 aromatic heterocycles. The van der Waals surface area contributed by atoms with Gasteiger partial charge >= 0.3 is 12.0 Å². The van der Waals surface area contributed by atoms with Crippen LogP contribution in [0.15, 0.2) is 24.3 Å². The van der Waals surface area contributed by atoms with Crippen LogP contribution < -0.4 is 10.6 Å². The molecule has 9 heteroatoms. The molecular weight excluding hydrogens is 364 g/mol. The van der Waals surface area contributed by atoms with E-state index < -0.39 is 29.9 Å². The molecule has 1 aromatic carbocycles. The van der Waals surface area contributed by atoms with Crippen LogP contribution in [0.4, 0.5) is 4.79 Å². The summed E-state index contributed by atoms with van der Waals surface area (Å²) in [6.07, 6.45) is 0.571. The lowest BCUT2D eigenvalue weighted by atomic mass is 9.91. The van der Waals surface area contributed by atoms with E-state index >= 15 is 0 Å². The number of nitrogens with zero attached hydrogens (tertiary/aromatic N) is 2. The fraction of sp³-hybridized carbons (Fsp3) is 0.421. The van der Waals surface area contributed by atoms with Crippen molar-refractivity contribution in [1.29, 1.82) is 5.26 Å². The summed E-state index contributed by atoms with van der Waals surface area (Å²) >= 11 is 0. The highest BCUT2D eigenvalue weighted by atomic mass is 16.5. The minimum Gasteiger partial charge on any atom is -0.466 e. The van der Waals surface area contributed by atoms with Gasteiger partial charge in [-0.1, -0.05) is 12.1 Å². The predicted octanol–water partition coefficient (Wildman–Crippen LogP) is 0.785. The molecule has 9 nitrogen and oxygen atoms in total. The standard InChI is InChI=1S/C19H22N4O5/c1-3-28-16(25)5-4-10-21-15(24)12-23-17(26)19(2,22-18(23)27)14-8-6-13(11-20)7-9-14/h6-9H,3-5,10,12H2,1-2H3,(H,21,24)(H,22,27). The monoisotopic (exact) mass is 386 g/mol. The van der Waals surface area contributed by atoms with E-state index in [2.05, 4.69) is 10.6 Å². The number of ether oxygens (including phenoxy) is 1. The van der Waals surface area contributed by atoms with Crippen molar-refractivity contribution in [1.82, 2.24) is 15.5 Å². The summed E-state index contributed by atoms with van der Waals surface area (Å²) in [7, 11) is 0. The smallest absolute Gasteiger partial charge is 0.325 e. The minimum absolute atomic E-state index is 0.175. The highest BCUT2D eigenvalue weighted by Crippen LogP contribution is 2.28. The highest BCUT2D eigenvalue weighted by Gasteiger charge is 2.49. The Hall–Kier alpha value is -3.41. The summed E-state index contributed by atoms with van der Waals surface area (Å²) in [5.74, 6) is -1.40. The normalized spacial score (nSPS) is 18.4. The molecule has 1 aliphatic heterocycles. The highest BCUT2D eigenvalue weighted by molar-refractivity contribution is 6.09. The fourth-order valence-electron chi connectivity index (χ4n) is 2.81. The maximum absolute atomic E-state index is 12.8. The number of urea groups is 1. The third-order valence-electron chi connectivity index (χ3n) is 4.35. The first-order valence-electron chi connectivity index (χ1n) is 8.89.